The smallest absolute Gasteiger partial charge is 0.335 e. The number of anilines is 2. The number of nitrogens with one attached hydrogen (secondary N) is 1. The number of rotatable bonds is 5. The Morgan fingerprint density at radius 2 is 1.56 bits per heavy atom. The van der Waals surface area contributed by atoms with E-state index in [9.17, 15) is 14.4 Å². The molecule has 138 valence electrons. The molecule has 0 aliphatic carbocycles. The lowest BCUT2D eigenvalue weighted by molar-refractivity contribution is -0.122. The van der Waals surface area contributed by atoms with Gasteiger partial charge in [-0.05, 0) is 49.8 Å². The van der Waals surface area contributed by atoms with Crippen molar-refractivity contribution in [3.63, 3.8) is 0 Å². The lowest BCUT2D eigenvalue weighted by Gasteiger charge is -2.26. The summed E-state index contributed by atoms with van der Waals surface area (Å²) in [6, 6.07) is 15.4. The molecule has 3 rings (SSSR count). The molecule has 0 bridgehead atoms. The minimum atomic E-state index is -0.745. The second-order valence-electron chi connectivity index (χ2n) is 6.06. The van der Waals surface area contributed by atoms with Gasteiger partial charge in [0.15, 0.2) is 0 Å². The van der Waals surface area contributed by atoms with Crippen LogP contribution in [0.5, 0.6) is 0 Å². The molecule has 1 aliphatic rings. The average molecular weight is 363 g/mol. The first kappa shape index (κ1) is 18.4. The van der Waals surface area contributed by atoms with E-state index in [-0.39, 0.29) is 5.57 Å². The van der Waals surface area contributed by atoms with Crippen LogP contribution in [-0.2, 0) is 9.59 Å². The highest BCUT2D eigenvalue weighted by atomic mass is 16.2. The molecule has 1 heterocycles. The third kappa shape index (κ3) is 3.74. The lowest BCUT2D eigenvalue weighted by Crippen LogP contribution is -2.54. The Morgan fingerprint density at radius 1 is 0.926 bits per heavy atom. The summed E-state index contributed by atoms with van der Waals surface area (Å²) >= 11 is 0. The van der Waals surface area contributed by atoms with Gasteiger partial charge in [0, 0.05) is 18.8 Å². The fourth-order valence-corrected chi connectivity index (χ4v) is 3.01. The van der Waals surface area contributed by atoms with Gasteiger partial charge in [-0.1, -0.05) is 30.3 Å². The topological polar surface area (TPSA) is 69.7 Å². The molecule has 2 aromatic carbocycles. The van der Waals surface area contributed by atoms with Crippen molar-refractivity contribution >= 4 is 35.3 Å². The highest BCUT2D eigenvalue weighted by Gasteiger charge is 2.36. The van der Waals surface area contributed by atoms with Crippen molar-refractivity contribution < 1.29 is 14.4 Å². The van der Waals surface area contributed by atoms with Crippen LogP contribution >= 0.6 is 0 Å². The minimum absolute atomic E-state index is 0.0750. The van der Waals surface area contributed by atoms with Gasteiger partial charge >= 0.3 is 6.03 Å². The highest BCUT2D eigenvalue weighted by molar-refractivity contribution is 6.39. The maximum Gasteiger partial charge on any atom is 0.335 e. The van der Waals surface area contributed by atoms with Gasteiger partial charge in [0.05, 0.1) is 5.69 Å². The predicted molar refractivity (Wildman–Crippen MR) is 105 cm³/mol. The van der Waals surface area contributed by atoms with Gasteiger partial charge in [-0.3, -0.25) is 14.9 Å². The Hall–Kier alpha value is -3.41. The molecule has 4 amide bonds. The third-order valence-corrected chi connectivity index (χ3v) is 4.45. The van der Waals surface area contributed by atoms with Crippen LogP contribution in [0, 0.1) is 0 Å². The Labute approximate surface area is 158 Å². The van der Waals surface area contributed by atoms with Crippen molar-refractivity contribution in [1.29, 1.82) is 0 Å². The van der Waals surface area contributed by atoms with E-state index in [2.05, 4.69) is 24.1 Å². The summed E-state index contributed by atoms with van der Waals surface area (Å²) in [7, 11) is 0. The summed E-state index contributed by atoms with van der Waals surface area (Å²) in [5.41, 5.74) is 2.12. The first-order chi connectivity index (χ1) is 13.0. The van der Waals surface area contributed by atoms with Crippen LogP contribution in [0.15, 0.2) is 60.2 Å². The van der Waals surface area contributed by atoms with Gasteiger partial charge in [-0.15, -0.1) is 0 Å². The Bertz CT molecular complexity index is 885. The van der Waals surface area contributed by atoms with Crippen LogP contribution in [0.1, 0.15) is 19.4 Å². The fourth-order valence-electron chi connectivity index (χ4n) is 3.01. The van der Waals surface area contributed by atoms with E-state index in [1.54, 1.807) is 30.3 Å². The van der Waals surface area contributed by atoms with Crippen molar-refractivity contribution in [3.8, 4) is 0 Å². The van der Waals surface area contributed by atoms with E-state index in [0.717, 1.165) is 23.7 Å². The molecule has 6 heteroatoms. The van der Waals surface area contributed by atoms with E-state index in [0.29, 0.717) is 11.3 Å². The molecule has 0 unspecified atom stereocenters. The maximum atomic E-state index is 12.8. The number of benzene rings is 2. The predicted octanol–water partition coefficient (Wildman–Crippen LogP) is 3.20. The van der Waals surface area contributed by atoms with Crippen LogP contribution in [0.2, 0.25) is 0 Å². The van der Waals surface area contributed by atoms with Crippen molar-refractivity contribution in [2.45, 2.75) is 13.8 Å². The summed E-state index contributed by atoms with van der Waals surface area (Å²) in [6.07, 6.45) is 1.51. The highest BCUT2D eigenvalue weighted by Crippen LogP contribution is 2.22. The minimum Gasteiger partial charge on any atom is -0.372 e. The normalized spacial score (nSPS) is 15.9. The van der Waals surface area contributed by atoms with Crippen molar-refractivity contribution in [1.82, 2.24) is 5.32 Å². The number of imide groups is 2. The molecule has 1 N–H and O–H groups in total. The molecular formula is C21H21N3O3. The van der Waals surface area contributed by atoms with Gasteiger partial charge < -0.3 is 4.90 Å². The maximum absolute atomic E-state index is 12.8. The van der Waals surface area contributed by atoms with Crippen molar-refractivity contribution in [2.75, 3.05) is 22.9 Å². The molecule has 2 aromatic rings. The molecule has 1 fully saturated rings. The van der Waals surface area contributed by atoms with Crippen LogP contribution in [0.25, 0.3) is 6.08 Å². The van der Waals surface area contributed by atoms with Crippen LogP contribution < -0.4 is 15.1 Å². The molecule has 1 saturated heterocycles. The van der Waals surface area contributed by atoms with E-state index >= 15 is 0 Å². The second kappa shape index (κ2) is 7.86. The molecule has 1 aliphatic heterocycles. The van der Waals surface area contributed by atoms with Crippen LogP contribution in [0.4, 0.5) is 16.2 Å². The summed E-state index contributed by atoms with van der Waals surface area (Å²) in [4.78, 5) is 40.3. The quantitative estimate of drug-likeness (QED) is 0.654. The first-order valence-electron chi connectivity index (χ1n) is 8.86. The van der Waals surface area contributed by atoms with Crippen LogP contribution in [-0.4, -0.2) is 30.9 Å². The number of barbiturate groups is 1. The van der Waals surface area contributed by atoms with E-state index in [1.165, 1.54) is 6.08 Å². The molecular weight excluding hydrogens is 342 g/mol. The number of carbonyl (C=O) groups is 3. The molecule has 0 atom stereocenters. The molecule has 0 saturated carbocycles. The Kier molecular flexibility index (Phi) is 5.35. The molecule has 0 spiro atoms. The molecule has 6 nitrogen and oxygen atoms in total. The van der Waals surface area contributed by atoms with Gasteiger partial charge in [-0.25, -0.2) is 9.69 Å². The zero-order valence-electron chi connectivity index (χ0n) is 15.3. The Balaban J connectivity index is 1.91. The summed E-state index contributed by atoms with van der Waals surface area (Å²) in [6.45, 7) is 5.96. The summed E-state index contributed by atoms with van der Waals surface area (Å²) in [5, 5.41) is 2.23. The molecule has 0 aromatic heterocycles. The van der Waals surface area contributed by atoms with E-state index < -0.39 is 17.8 Å². The summed E-state index contributed by atoms with van der Waals surface area (Å²) in [5.74, 6) is -1.33. The monoisotopic (exact) mass is 363 g/mol. The Morgan fingerprint density at radius 3 is 2.15 bits per heavy atom. The van der Waals surface area contributed by atoms with Crippen molar-refractivity contribution in [2.24, 2.45) is 0 Å². The SMILES string of the molecule is CCN(CC)c1ccc(/C=C2/C(=O)NC(=O)N(c3ccccc3)C2=O)cc1. The zero-order valence-corrected chi connectivity index (χ0v) is 15.3. The number of para-hydroxylation sites is 1. The number of amides is 4. The number of hydrogen-bond acceptors (Lipinski definition) is 4. The van der Waals surface area contributed by atoms with Gasteiger partial charge in [0.2, 0.25) is 0 Å². The number of hydrogen-bond donors (Lipinski definition) is 1. The standard InChI is InChI=1S/C21H21N3O3/c1-3-23(4-2)16-12-10-15(11-13-16)14-18-19(25)22-21(27)24(20(18)26)17-8-6-5-7-9-17/h5-14H,3-4H2,1-2H3,(H,22,25,27)/b18-14-. The summed E-state index contributed by atoms with van der Waals surface area (Å²) < 4.78 is 0. The second-order valence-corrected chi connectivity index (χ2v) is 6.06. The number of urea groups is 1. The van der Waals surface area contributed by atoms with Crippen molar-refractivity contribution in [3.05, 3.63) is 65.7 Å². The van der Waals surface area contributed by atoms with E-state index in [4.69, 9.17) is 0 Å². The van der Waals surface area contributed by atoms with Gasteiger partial charge in [-0.2, -0.15) is 0 Å². The zero-order chi connectivity index (χ0) is 19.4. The average Bonchev–Trinajstić information content (AvgIpc) is 2.68. The molecule has 0 radical (unpaired) electrons. The van der Waals surface area contributed by atoms with Gasteiger partial charge in [0.25, 0.3) is 11.8 Å². The van der Waals surface area contributed by atoms with Gasteiger partial charge in [0.1, 0.15) is 5.57 Å². The largest absolute Gasteiger partial charge is 0.372 e. The molecule has 27 heavy (non-hydrogen) atoms. The number of carbonyl (C=O) groups excluding carboxylic acids is 3. The lowest BCUT2D eigenvalue weighted by atomic mass is 10.1. The van der Waals surface area contributed by atoms with Crippen LogP contribution in [0.3, 0.4) is 0 Å². The van der Waals surface area contributed by atoms with E-state index in [1.807, 2.05) is 24.3 Å². The number of nitrogens with zero attached hydrogens (tertiary/aromatic N) is 2. The fraction of sp³-hybridized carbons (Fsp3) is 0.190. The first-order valence-corrected chi connectivity index (χ1v) is 8.86. The third-order valence-electron chi connectivity index (χ3n) is 4.45.